The molecule has 0 radical (unpaired) electrons. The molecule has 0 bridgehead atoms. The Kier molecular flexibility index (Phi) is 4.05. The second kappa shape index (κ2) is 5.16. The molecule has 1 aromatic carbocycles. The predicted octanol–water partition coefficient (Wildman–Crippen LogP) is 2.69. The smallest absolute Gasteiger partial charge is 0.405 e. The van der Waals surface area contributed by atoms with E-state index in [2.05, 4.69) is 5.32 Å². The number of halogens is 3. The molecule has 0 fully saturated rings. The summed E-state index contributed by atoms with van der Waals surface area (Å²) < 4.78 is 35.6. The van der Waals surface area contributed by atoms with E-state index in [-0.39, 0.29) is 5.75 Å². The number of benzene rings is 1. The van der Waals surface area contributed by atoms with Gasteiger partial charge in [0.1, 0.15) is 12.3 Å². The van der Waals surface area contributed by atoms with Gasteiger partial charge in [0, 0.05) is 5.69 Å². The maximum absolute atomic E-state index is 11.9. The van der Waals surface area contributed by atoms with Gasteiger partial charge in [-0.05, 0) is 37.1 Å². The molecule has 0 aliphatic carbocycles. The number of rotatable bonds is 2. The Morgan fingerprint density at radius 3 is 2.44 bits per heavy atom. The fourth-order valence-corrected chi connectivity index (χ4v) is 1.28. The van der Waals surface area contributed by atoms with Crippen LogP contribution < -0.4 is 10.6 Å². The molecular weight excluding hydrogens is 249 g/mol. The second-order valence-corrected chi connectivity index (χ2v) is 3.88. The van der Waals surface area contributed by atoms with Crippen molar-refractivity contribution in [2.45, 2.75) is 20.0 Å². The van der Waals surface area contributed by atoms with Gasteiger partial charge in [0.05, 0.1) is 0 Å². The Balaban J connectivity index is 2.68. The van der Waals surface area contributed by atoms with E-state index in [9.17, 15) is 23.1 Å². The van der Waals surface area contributed by atoms with Crippen molar-refractivity contribution in [2.24, 2.45) is 0 Å². The van der Waals surface area contributed by atoms with Gasteiger partial charge in [-0.15, -0.1) is 0 Å². The molecule has 0 atom stereocenters. The van der Waals surface area contributed by atoms with Crippen LogP contribution in [0.5, 0.6) is 5.75 Å². The average molecular weight is 262 g/mol. The van der Waals surface area contributed by atoms with Gasteiger partial charge < -0.3 is 15.7 Å². The summed E-state index contributed by atoms with van der Waals surface area (Å²) in [5.74, 6) is 0.0637. The summed E-state index contributed by atoms with van der Waals surface area (Å²) in [6.45, 7) is 1.85. The van der Waals surface area contributed by atoms with E-state index < -0.39 is 18.8 Å². The molecule has 0 heterocycles. The lowest BCUT2D eigenvalue weighted by Crippen LogP contribution is -2.36. The molecule has 0 unspecified atom stereocenters. The molecule has 7 heteroatoms. The molecule has 0 spiro atoms. The number of hydrogen-bond donors (Lipinski definition) is 3. The summed E-state index contributed by atoms with van der Waals surface area (Å²) in [5, 5.41) is 13.4. The van der Waals surface area contributed by atoms with Crippen LogP contribution in [0.3, 0.4) is 0 Å². The number of nitrogens with one attached hydrogen (secondary N) is 2. The normalized spacial score (nSPS) is 11.2. The third-order valence-corrected chi connectivity index (χ3v) is 2.24. The number of carbonyl (C=O) groups is 1. The van der Waals surface area contributed by atoms with E-state index in [1.165, 1.54) is 12.1 Å². The third kappa shape index (κ3) is 4.15. The highest BCUT2D eigenvalue weighted by Crippen LogP contribution is 2.24. The van der Waals surface area contributed by atoms with E-state index in [0.717, 1.165) is 0 Å². The van der Waals surface area contributed by atoms with Crippen LogP contribution in [0.1, 0.15) is 11.1 Å². The van der Waals surface area contributed by atoms with E-state index in [0.29, 0.717) is 16.8 Å². The van der Waals surface area contributed by atoms with Gasteiger partial charge in [0.15, 0.2) is 0 Å². The largest absolute Gasteiger partial charge is 0.508 e. The quantitative estimate of drug-likeness (QED) is 0.717. The molecule has 0 aliphatic heterocycles. The average Bonchev–Trinajstić information content (AvgIpc) is 2.22. The summed E-state index contributed by atoms with van der Waals surface area (Å²) in [6, 6.07) is 1.97. The zero-order valence-corrected chi connectivity index (χ0v) is 9.85. The minimum absolute atomic E-state index is 0.0637. The maximum Gasteiger partial charge on any atom is 0.405 e. The predicted molar refractivity (Wildman–Crippen MR) is 60.7 cm³/mol. The Bertz CT molecular complexity index is 458. The lowest BCUT2D eigenvalue weighted by molar-refractivity contribution is -0.122. The lowest BCUT2D eigenvalue weighted by Gasteiger charge is -2.12. The zero-order chi connectivity index (χ0) is 13.9. The first-order chi connectivity index (χ1) is 8.19. The number of carbonyl (C=O) groups excluding carboxylic acids is 1. The number of urea groups is 1. The number of aromatic hydroxyl groups is 1. The Hall–Kier alpha value is -1.92. The van der Waals surface area contributed by atoms with Gasteiger partial charge in [-0.3, -0.25) is 0 Å². The molecule has 18 heavy (non-hydrogen) atoms. The SMILES string of the molecule is Cc1cc(NC(=O)NCC(F)(F)F)c(C)cc1O. The molecule has 2 amide bonds. The zero-order valence-electron chi connectivity index (χ0n) is 9.85. The van der Waals surface area contributed by atoms with E-state index in [1.807, 2.05) is 0 Å². The molecule has 0 aliphatic rings. The summed E-state index contributed by atoms with van der Waals surface area (Å²) in [6.07, 6.45) is -4.45. The standard InChI is InChI=1S/C11H13F3N2O2/c1-6-4-9(17)7(2)3-8(6)16-10(18)15-5-11(12,13)14/h3-4,17H,5H2,1-2H3,(H2,15,16,18). The van der Waals surface area contributed by atoms with E-state index >= 15 is 0 Å². The number of hydrogen-bond acceptors (Lipinski definition) is 2. The van der Waals surface area contributed by atoms with Crippen LogP contribution in [0.2, 0.25) is 0 Å². The van der Waals surface area contributed by atoms with Crippen LogP contribution in [0, 0.1) is 13.8 Å². The van der Waals surface area contributed by atoms with Crippen molar-refractivity contribution in [3.8, 4) is 5.75 Å². The Morgan fingerprint density at radius 1 is 1.28 bits per heavy atom. The summed E-state index contributed by atoms with van der Waals surface area (Å²) in [5.41, 5.74) is 1.43. The molecule has 4 nitrogen and oxygen atoms in total. The summed E-state index contributed by atoms with van der Waals surface area (Å²) >= 11 is 0. The Labute approximate surface area is 102 Å². The second-order valence-electron chi connectivity index (χ2n) is 3.88. The fraction of sp³-hybridized carbons (Fsp3) is 0.364. The van der Waals surface area contributed by atoms with Gasteiger partial charge in [0.25, 0.3) is 0 Å². The van der Waals surface area contributed by atoms with Crippen LogP contribution in [0.15, 0.2) is 12.1 Å². The van der Waals surface area contributed by atoms with Gasteiger partial charge in [-0.2, -0.15) is 13.2 Å². The first kappa shape index (κ1) is 14.1. The number of anilines is 1. The first-order valence-electron chi connectivity index (χ1n) is 5.11. The highest BCUT2D eigenvalue weighted by atomic mass is 19.4. The van der Waals surface area contributed by atoms with Crippen molar-refractivity contribution >= 4 is 11.7 Å². The van der Waals surface area contributed by atoms with Gasteiger partial charge in [-0.1, -0.05) is 0 Å². The molecule has 1 rings (SSSR count). The minimum Gasteiger partial charge on any atom is -0.508 e. The van der Waals surface area contributed by atoms with Gasteiger partial charge >= 0.3 is 12.2 Å². The van der Waals surface area contributed by atoms with E-state index in [1.54, 1.807) is 19.2 Å². The van der Waals surface area contributed by atoms with Crippen LogP contribution in [-0.2, 0) is 0 Å². The van der Waals surface area contributed by atoms with Gasteiger partial charge in [0.2, 0.25) is 0 Å². The molecule has 0 aromatic heterocycles. The van der Waals surface area contributed by atoms with Crippen molar-refractivity contribution in [2.75, 3.05) is 11.9 Å². The van der Waals surface area contributed by atoms with Crippen molar-refractivity contribution < 1.29 is 23.1 Å². The molecule has 3 N–H and O–H groups in total. The molecule has 0 saturated carbocycles. The monoisotopic (exact) mass is 262 g/mol. The summed E-state index contributed by atoms with van der Waals surface area (Å²) in [7, 11) is 0. The number of phenols is 1. The van der Waals surface area contributed by atoms with Crippen LogP contribution in [0.4, 0.5) is 23.7 Å². The maximum atomic E-state index is 11.9. The van der Waals surface area contributed by atoms with Crippen molar-refractivity contribution in [3.63, 3.8) is 0 Å². The topological polar surface area (TPSA) is 61.4 Å². The summed E-state index contributed by atoms with van der Waals surface area (Å²) in [4.78, 5) is 11.2. The Morgan fingerprint density at radius 2 is 1.89 bits per heavy atom. The molecule has 100 valence electrons. The minimum atomic E-state index is -4.45. The van der Waals surface area contributed by atoms with Gasteiger partial charge in [-0.25, -0.2) is 4.79 Å². The van der Waals surface area contributed by atoms with E-state index in [4.69, 9.17) is 0 Å². The molecular formula is C11H13F3N2O2. The number of aryl methyl sites for hydroxylation is 2. The van der Waals surface area contributed by atoms with Crippen LogP contribution in [0.25, 0.3) is 0 Å². The third-order valence-electron chi connectivity index (χ3n) is 2.24. The number of phenolic OH excluding ortho intramolecular Hbond substituents is 1. The van der Waals surface area contributed by atoms with Crippen molar-refractivity contribution in [1.82, 2.24) is 5.32 Å². The lowest BCUT2D eigenvalue weighted by atomic mass is 10.1. The first-order valence-corrected chi connectivity index (χ1v) is 5.11. The van der Waals surface area contributed by atoms with Crippen molar-refractivity contribution in [3.05, 3.63) is 23.3 Å². The molecule has 0 saturated heterocycles. The van der Waals surface area contributed by atoms with Crippen LogP contribution >= 0.6 is 0 Å². The molecule has 1 aromatic rings. The van der Waals surface area contributed by atoms with Crippen molar-refractivity contribution in [1.29, 1.82) is 0 Å². The fourth-order valence-electron chi connectivity index (χ4n) is 1.28. The highest BCUT2D eigenvalue weighted by molar-refractivity contribution is 5.90. The highest BCUT2D eigenvalue weighted by Gasteiger charge is 2.27. The number of amides is 2. The van der Waals surface area contributed by atoms with Crippen LogP contribution in [-0.4, -0.2) is 23.9 Å². The number of alkyl halides is 3.